The van der Waals surface area contributed by atoms with Crippen LogP contribution in [0, 0.1) is 10.1 Å². The van der Waals surface area contributed by atoms with Crippen LogP contribution in [-0.4, -0.2) is 9.91 Å². The first-order valence-corrected chi connectivity index (χ1v) is 3.64. The minimum absolute atomic E-state index is 0. The Balaban J connectivity index is 0.000001000. The second kappa shape index (κ2) is 4.02. The zero-order chi connectivity index (χ0) is 7.56. The molecule has 0 unspecified atom stereocenters. The van der Waals surface area contributed by atoms with E-state index in [1.165, 1.54) is 6.20 Å². The van der Waals surface area contributed by atoms with Crippen molar-refractivity contribution >= 4 is 16.3 Å². The van der Waals surface area contributed by atoms with Gasteiger partial charge in [-0.25, -0.2) is 4.98 Å². The average Bonchev–Trinajstić information content (AvgIpc) is 2.34. The van der Waals surface area contributed by atoms with Crippen molar-refractivity contribution in [3.63, 3.8) is 0 Å². The second-order valence-corrected chi connectivity index (χ2v) is 2.80. The summed E-state index contributed by atoms with van der Waals surface area (Å²) >= 11 is 1.13. The first-order chi connectivity index (χ1) is 4.74. The van der Waals surface area contributed by atoms with E-state index in [4.69, 9.17) is 0 Å². The second-order valence-electron chi connectivity index (χ2n) is 1.70. The summed E-state index contributed by atoms with van der Waals surface area (Å²) in [4.78, 5) is 13.5. The third kappa shape index (κ3) is 2.27. The SMILES string of the molecule is C.CCc1ncc([N+](=O)[O-])s1. The number of thiazole rings is 1. The molecule has 5 heteroatoms. The third-order valence-electron chi connectivity index (χ3n) is 1.02. The quantitative estimate of drug-likeness (QED) is 0.510. The predicted octanol–water partition coefficient (Wildman–Crippen LogP) is 2.25. The van der Waals surface area contributed by atoms with Crippen molar-refractivity contribution in [3.8, 4) is 0 Å². The molecule has 1 rings (SSSR count). The molecule has 1 aromatic heterocycles. The fraction of sp³-hybridized carbons (Fsp3) is 0.500. The molecular formula is C6H10N2O2S. The highest BCUT2D eigenvalue weighted by molar-refractivity contribution is 7.14. The van der Waals surface area contributed by atoms with Gasteiger partial charge < -0.3 is 0 Å². The molecule has 0 bridgehead atoms. The number of nitrogens with zero attached hydrogens (tertiary/aromatic N) is 2. The summed E-state index contributed by atoms with van der Waals surface area (Å²) in [5.74, 6) is 0. The lowest BCUT2D eigenvalue weighted by Crippen LogP contribution is -1.80. The van der Waals surface area contributed by atoms with Gasteiger partial charge in [-0.05, 0) is 17.8 Å². The fourth-order valence-electron chi connectivity index (χ4n) is 0.548. The molecule has 0 aliphatic carbocycles. The first kappa shape index (κ1) is 10.0. The Labute approximate surface area is 69.0 Å². The molecule has 0 spiro atoms. The van der Waals surface area contributed by atoms with Crippen molar-refractivity contribution < 1.29 is 4.92 Å². The van der Waals surface area contributed by atoms with Crippen LogP contribution in [-0.2, 0) is 6.42 Å². The van der Waals surface area contributed by atoms with Gasteiger partial charge in [0.2, 0.25) is 0 Å². The van der Waals surface area contributed by atoms with Crippen LogP contribution in [0.5, 0.6) is 0 Å². The van der Waals surface area contributed by atoms with Crippen molar-refractivity contribution in [2.24, 2.45) is 0 Å². The highest BCUT2D eigenvalue weighted by atomic mass is 32.1. The van der Waals surface area contributed by atoms with Crippen LogP contribution in [0.3, 0.4) is 0 Å². The van der Waals surface area contributed by atoms with Gasteiger partial charge in [-0.1, -0.05) is 14.4 Å². The van der Waals surface area contributed by atoms with Crippen molar-refractivity contribution in [3.05, 3.63) is 21.3 Å². The van der Waals surface area contributed by atoms with E-state index in [1.807, 2.05) is 6.92 Å². The highest BCUT2D eigenvalue weighted by Crippen LogP contribution is 2.20. The molecule has 0 atom stereocenters. The van der Waals surface area contributed by atoms with Crippen LogP contribution in [0.1, 0.15) is 19.4 Å². The van der Waals surface area contributed by atoms with Gasteiger partial charge in [0.15, 0.2) is 0 Å². The van der Waals surface area contributed by atoms with Crippen LogP contribution < -0.4 is 0 Å². The molecule has 1 aromatic rings. The van der Waals surface area contributed by atoms with Crippen LogP contribution >= 0.6 is 11.3 Å². The van der Waals surface area contributed by atoms with Gasteiger partial charge >= 0.3 is 5.00 Å². The number of nitro groups is 1. The van der Waals surface area contributed by atoms with Crippen LogP contribution in [0.2, 0.25) is 0 Å². The fourth-order valence-corrected chi connectivity index (χ4v) is 1.22. The zero-order valence-electron chi connectivity index (χ0n) is 5.40. The summed E-state index contributed by atoms with van der Waals surface area (Å²) in [5, 5.41) is 11.0. The number of hydrogen-bond acceptors (Lipinski definition) is 4. The van der Waals surface area contributed by atoms with Gasteiger partial charge in [-0.2, -0.15) is 0 Å². The van der Waals surface area contributed by atoms with E-state index in [1.54, 1.807) is 0 Å². The van der Waals surface area contributed by atoms with Crippen molar-refractivity contribution in [2.45, 2.75) is 20.8 Å². The molecule has 0 aromatic carbocycles. The summed E-state index contributed by atoms with van der Waals surface area (Å²) in [5.41, 5.74) is 0. The number of rotatable bonds is 2. The monoisotopic (exact) mass is 174 g/mol. The standard InChI is InChI=1S/C5H6N2O2S.CH4/c1-2-4-6-3-5(10-4)7(8)9;/h3H,2H2,1H3;1H4. The Kier molecular flexibility index (Phi) is 3.67. The molecule has 0 aliphatic heterocycles. The minimum atomic E-state index is -0.420. The molecule has 4 nitrogen and oxygen atoms in total. The zero-order valence-corrected chi connectivity index (χ0v) is 6.22. The molecule has 0 fully saturated rings. The van der Waals surface area contributed by atoms with Crippen LogP contribution in [0.4, 0.5) is 5.00 Å². The normalized spacial score (nSPS) is 8.82. The summed E-state index contributed by atoms with van der Waals surface area (Å²) in [6, 6.07) is 0. The summed E-state index contributed by atoms with van der Waals surface area (Å²) in [6.07, 6.45) is 2.06. The van der Waals surface area contributed by atoms with Gasteiger partial charge in [-0.15, -0.1) is 0 Å². The molecule has 0 saturated heterocycles. The molecule has 62 valence electrons. The number of aromatic nitrogens is 1. The Hall–Kier alpha value is -0.970. The molecule has 0 N–H and O–H groups in total. The Morgan fingerprint density at radius 3 is 2.73 bits per heavy atom. The Morgan fingerprint density at radius 1 is 1.82 bits per heavy atom. The van der Waals surface area contributed by atoms with E-state index in [2.05, 4.69) is 4.98 Å². The van der Waals surface area contributed by atoms with Gasteiger partial charge in [0.1, 0.15) is 6.20 Å². The Bertz CT molecular complexity index is 246. The van der Waals surface area contributed by atoms with E-state index in [-0.39, 0.29) is 12.4 Å². The summed E-state index contributed by atoms with van der Waals surface area (Å²) in [6.45, 7) is 1.92. The molecule has 0 radical (unpaired) electrons. The van der Waals surface area contributed by atoms with Gasteiger partial charge in [0.05, 0.1) is 9.93 Å². The van der Waals surface area contributed by atoms with Crippen molar-refractivity contribution in [1.29, 1.82) is 0 Å². The topological polar surface area (TPSA) is 56.0 Å². The largest absolute Gasteiger partial charge is 0.343 e. The van der Waals surface area contributed by atoms with Crippen molar-refractivity contribution in [2.75, 3.05) is 0 Å². The van der Waals surface area contributed by atoms with Gasteiger partial charge in [-0.3, -0.25) is 10.1 Å². The lowest BCUT2D eigenvalue weighted by molar-refractivity contribution is -0.380. The van der Waals surface area contributed by atoms with Gasteiger partial charge in [0.25, 0.3) is 0 Å². The van der Waals surface area contributed by atoms with Crippen LogP contribution in [0.25, 0.3) is 0 Å². The lowest BCUT2D eigenvalue weighted by Gasteiger charge is -1.79. The van der Waals surface area contributed by atoms with E-state index in [9.17, 15) is 10.1 Å². The summed E-state index contributed by atoms with van der Waals surface area (Å²) in [7, 11) is 0. The molecular weight excluding hydrogens is 164 g/mol. The number of hydrogen-bond donors (Lipinski definition) is 0. The smallest absolute Gasteiger partial charge is 0.257 e. The maximum Gasteiger partial charge on any atom is 0.343 e. The van der Waals surface area contributed by atoms with Gasteiger partial charge in [0, 0.05) is 0 Å². The molecule has 0 saturated carbocycles. The van der Waals surface area contributed by atoms with E-state index in [0.29, 0.717) is 0 Å². The van der Waals surface area contributed by atoms with E-state index in [0.717, 1.165) is 22.8 Å². The van der Waals surface area contributed by atoms with Crippen molar-refractivity contribution in [1.82, 2.24) is 4.98 Å². The lowest BCUT2D eigenvalue weighted by atomic mass is 10.5. The van der Waals surface area contributed by atoms with E-state index >= 15 is 0 Å². The predicted molar refractivity (Wildman–Crippen MR) is 44.9 cm³/mol. The summed E-state index contributed by atoms with van der Waals surface area (Å²) < 4.78 is 0. The van der Waals surface area contributed by atoms with E-state index < -0.39 is 4.92 Å². The molecule has 0 aliphatic rings. The highest BCUT2D eigenvalue weighted by Gasteiger charge is 2.08. The molecule has 0 amide bonds. The van der Waals surface area contributed by atoms with Crippen LogP contribution in [0.15, 0.2) is 6.20 Å². The first-order valence-electron chi connectivity index (χ1n) is 2.83. The maximum absolute atomic E-state index is 10.1. The molecule has 1 heterocycles. The molecule has 11 heavy (non-hydrogen) atoms. The maximum atomic E-state index is 10.1. The minimum Gasteiger partial charge on any atom is -0.257 e. The number of aryl methyl sites for hydroxylation is 1. The average molecular weight is 174 g/mol. The third-order valence-corrected chi connectivity index (χ3v) is 2.12. The Morgan fingerprint density at radius 2 is 2.45 bits per heavy atom.